The third-order valence-corrected chi connectivity index (χ3v) is 3.81. The summed E-state index contributed by atoms with van der Waals surface area (Å²) in [6.07, 6.45) is 3.97. The van der Waals surface area contributed by atoms with Crippen LogP contribution in [0.1, 0.15) is 12.8 Å². The van der Waals surface area contributed by atoms with E-state index in [1.165, 1.54) is 12.1 Å². The molecule has 0 aliphatic carbocycles. The van der Waals surface area contributed by atoms with Crippen molar-refractivity contribution < 1.29 is 9.66 Å². The Kier molecular flexibility index (Phi) is 4.18. The minimum atomic E-state index is -0.413. The van der Waals surface area contributed by atoms with Gasteiger partial charge in [-0.3, -0.25) is 10.1 Å². The molecule has 0 spiro atoms. The molecule has 0 amide bonds. The number of pyridine rings is 1. The normalized spacial score (nSPS) is 17.5. The van der Waals surface area contributed by atoms with Crippen LogP contribution in [0.25, 0.3) is 0 Å². The Bertz CT molecular complexity index is 631. The molecule has 1 aromatic heterocycles. The highest BCUT2D eigenvalue weighted by molar-refractivity contribution is 5.41. The first-order valence-corrected chi connectivity index (χ1v) is 7.29. The Morgan fingerprint density at radius 2 is 2.09 bits per heavy atom. The summed E-state index contributed by atoms with van der Waals surface area (Å²) in [4.78, 5) is 16.9. The summed E-state index contributed by atoms with van der Waals surface area (Å²) in [6.45, 7) is 1.53. The van der Waals surface area contributed by atoms with E-state index in [4.69, 9.17) is 4.74 Å². The van der Waals surface area contributed by atoms with Crippen molar-refractivity contribution in [2.75, 3.05) is 18.1 Å². The Morgan fingerprint density at radius 1 is 1.27 bits per heavy atom. The monoisotopic (exact) mass is 299 g/mol. The maximum Gasteiger partial charge on any atom is 0.269 e. The maximum atomic E-state index is 10.6. The Balaban J connectivity index is 1.62. The molecule has 1 aliphatic rings. The van der Waals surface area contributed by atoms with Crippen molar-refractivity contribution in [1.82, 2.24) is 4.98 Å². The molecule has 1 aliphatic heterocycles. The van der Waals surface area contributed by atoms with E-state index in [1.807, 2.05) is 18.2 Å². The summed E-state index contributed by atoms with van der Waals surface area (Å²) in [6, 6.07) is 12.4. The van der Waals surface area contributed by atoms with Gasteiger partial charge >= 0.3 is 0 Å². The predicted octanol–water partition coefficient (Wildman–Crippen LogP) is 3.04. The first-order chi connectivity index (χ1) is 10.7. The largest absolute Gasteiger partial charge is 0.491 e. The number of nitrogens with zero attached hydrogens (tertiary/aromatic N) is 3. The fourth-order valence-corrected chi connectivity index (χ4v) is 2.69. The van der Waals surface area contributed by atoms with Crippen LogP contribution >= 0.6 is 0 Å². The van der Waals surface area contributed by atoms with Crippen molar-refractivity contribution in [1.29, 1.82) is 0 Å². The van der Waals surface area contributed by atoms with Gasteiger partial charge in [-0.25, -0.2) is 4.98 Å². The lowest BCUT2D eigenvalue weighted by Crippen LogP contribution is -2.34. The molecule has 6 nitrogen and oxygen atoms in total. The second-order valence-electron chi connectivity index (χ2n) is 5.24. The molecule has 1 saturated heterocycles. The van der Waals surface area contributed by atoms with Gasteiger partial charge in [0.2, 0.25) is 0 Å². The van der Waals surface area contributed by atoms with Gasteiger partial charge < -0.3 is 9.64 Å². The third-order valence-electron chi connectivity index (χ3n) is 3.81. The summed E-state index contributed by atoms with van der Waals surface area (Å²) >= 11 is 0. The Hall–Kier alpha value is -2.63. The van der Waals surface area contributed by atoms with Crippen LogP contribution in [-0.2, 0) is 0 Å². The lowest BCUT2D eigenvalue weighted by molar-refractivity contribution is -0.384. The number of hydrogen-bond donors (Lipinski definition) is 0. The number of ether oxygens (including phenoxy) is 1. The molecular weight excluding hydrogens is 282 g/mol. The molecule has 22 heavy (non-hydrogen) atoms. The number of non-ortho nitro benzene ring substituents is 1. The van der Waals surface area contributed by atoms with Gasteiger partial charge in [0.05, 0.1) is 11.0 Å². The van der Waals surface area contributed by atoms with Crippen LogP contribution in [0, 0.1) is 10.1 Å². The van der Waals surface area contributed by atoms with Gasteiger partial charge in [-0.15, -0.1) is 0 Å². The molecule has 2 heterocycles. The third kappa shape index (κ3) is 3.16. The highest BCUT2D eigenvalue weighted by atomic mass is 16.6. The number of benzene rings is 1. The summed E-state index contributed by atoms with van der Waals surface area (Å²) in [5, 5.41) is 10.6. The number of rotatable bonds is 5. The molecule has 114 valence electrons. The molecule has 0 N–H and O–H groups in total. The number of anilines is 1. The summed E-state index contributed by atoms with van der Waals surface area (Å²) in [7, 11) is 0. The molecule has 1 fully saturated rings. The smallest absolute Gasteiger partial charge is 0.269 e. The van der Waals surface area contributed by atoms with Crippen LogP contribution in [0.15, 0.2) is 48.7 Å². The minimum absolute atomic E-state index is 0.0725. The fraction of sp³-hybridized carbons (Fsp3) is 0.312. The van der Waals surface area contributed by atoms with Crippen LogP contribution in [0.5, 0.6) is 5.75 Å². The second-order valence-corrected chi connectivity index (χ2v) is 5.24. The lowest BCUT2D eigenvalue weighted by Gasteiger charge is -2.25. The van der Waals surface area contributed by atoms with E-state index in [1.54, 1.807) is 18.3 Å². The topological polar surface area (TPSA) is 68.5 Å². The summed E-state index contributed by atoms with van der Waals surface area (Å²) in [5.41, 5.74) is 0.0725. The molecule has 0 saturated carbocycles. The molecule has 3 rings (SSSR count). The number of hydrogen-bond acceptors (Lipinski definition) is 5. The van der Waals surface area contributed by atoms with Gasteiger partial charge in [-0.2, -0.15) is 0 Å². The number of aromatic nitrogens is 1. The van der Waals surface area contributed by atoms with Crippen molar-refractivity contribution in [2.24, 2.45) is 0 Å². The molecular formula is C16H17N3O3. The molecule has 2 aromatic rings. The van der Waals surface area contributed by atoms with Crippen molar-refractivity contribution in [3.63, 3.8) is 0 Å². The maximum absolute atomic E-state index is 10.6. The zero-order valence-electron chi connectivity index (χ0n) is 12.1. The lowest BCUT2D eigenvalue weighted by atomic mass is 10.2. The van der Waals surface area contributed by atoms with Crippen molar-refractivity contribution in [2.45, 2.75) is 18.9 Å². The van der Waals surface area contributed by atoms with Gasteiger partial charge in [0.25, 0.3) is 5.69 Å². The van der Waals surface area contributed by atoms with Gasteiger partial charge in [-0.05, 0) is 37.1 Å². The summed E-state index contributed by atoms with van der Waals surface area (Å²) in [5.74, 6) is 1.62. The second kappa shape index (κ2) is 6.43. The molecule has 6 heteroatoms. The van der Waals surface area contributed by atoms with Crippen LogP contribution in [0.2, 0.25) is 0 Å². The zero-order chi connectivity index (χ0) is 15.4. The quantitative estimate of drug-likeness (QED) is 0.627. The van der Waals surface area contributed by atoms with Crippen LogP contribution in [-0.4, -0.2) is 29.1 Å². The van der Waals surface area contributed by atoms with Gasteiger partial charge in [-0.1, -0.05) is 6.07 Å². The van der Waals surface area contributed by atoms with E-state index in [-0.39, 0.29) is 11.7 Å². The fourth-order valence-electron chi connectivity index (χ4n) is 2.69. The van der Waals surface area contributed by atoms with Crippen molar-refractivity contribution >= 4 is 11.5 Å². The van der Waals surface area contributed by atoms with E-state index in [0.29, 0.717) is 12.4 Å². The van der Waals surface area contributed by atoms with Gasteiger partial charge in [0.1, 0.15) is 18.2 Å². The SMILES string of the molecule is O=[N+]([O-])c1ccc(OC[C@@H]2CCCN2c2ccccn2)cc1. The van der Waals surface area contributed by atoms with E-state index < -0.39 is 4.92 Å². The Morgan fingerprint density at radius 3 is 2.77 bits per heavy atom. The van der Waals surface area contributed by atoms with Crippen LogP contribution in [0.4, 0.5) is 11.5 Å². The van der Waals surface area contributed by atoms with Crippen molar-refractivity contribution in [3.8, 4) is 5.75 Å². The highest BCUT2D eigenvalue weighted by Gasteiger charge is 2.26. The number of nitro benzene ring substituents is 1. The molecule has 1 aromatic carbocycles. The zero-order valence-corrected chi connectivity index (χ0v) is 12.1. The van der Waals surface area contributed by atoms with E-state index in [2.05, 4.69) is 9.88 Å². The molecule has 0 radical (unpaired) electrons. The minimum Gasteiger partial charge on any atom is -0.491 e. The first kappa shape index (κ1) is 14.3. The molecule has 1 atom stereocenters. The first-order valence-electron chi connectivity index (χ1n) is 7.29. The highest BCUT2D eigenvalue weighted by Crippen LogP contribution is 2.25. The molecule has 0 bridgehead atoms. The van der Waals surface area contributed by atoms with E-state index in [0.717, 1.165) is 25.2 Å². The van der Waals surface area contributed by atoms with Crippen LogP contribution < -0.4 is 9.64 Å². The van der Waals surface area contributed by atoms with E-state index in [9.17, 15) is 10.1 Å². The van der Waals surface area contributed by atoms with Gasteiger partial charge in [0.15, 0.2) is 0 Å². The van der Waals surface area contributed by atoms with Crippen LogP contribution in [0.3, 0.4) is 0 Å². The summed E-state index contributed by atoms with van der Waals surface area (Å²) < 4.78 is 5.78. The van der Waals surface area contributed by atoms with Gasteiger partial charge in [0, 0.05) is 24.9 Å². The Labute approximate surface area is 128 Å². The van der Waals surface area contributed by atoms with E-state index >= 15 is 0 Å². The average Bonchev–Trinajstić information content (AvgIpc) is 3.02. The number of nitro groups is 1. The molecule has 0 unspecified atom stereocenters. The average molecular weight is 299 g/mol. The van der Waals surface area contributed by atoms with Crippen molar-refractivity contribution in [3.05, 3.63) is 58.8 Å². The predicted molar refractivity (Wildman–Crippen MR) is 83.2 cm³/mol. The standard InChI is InChI=1S/C16H17N3O3/c20-19(21)13-6-8-15(9-7-13)22-12-14-4-3-11-18(14)16-5-1-2-10-17-16/h1-2,5-10,14H,3-4,11-12H2/t14-/m0/s1.